The normalized spacial score (nSPS) is 10.7. The topological polar surface area (TPSA) is 55.4 Å². The first kappa shape index (κ1) is 14.0. The van der Waals surface area contributed by atoms with Crippen LogP contribution in [-0.4, -0.2) is 30.9 Å². The summed E-state index contributed by atoms with van der Waals surface area (Å²) in [5, 5.41) is 2.49. The molecule has 4 nitrogen and oxygen atoms in total. The monoisotopic (exact) mass is 233 g/mol. The first-order valence-corrected chi connectivity index (χ1v) is 5.28. The number of halogens is 1. The van der Waals surface area contributed by atoms with E-state index in [1.807, 2.05) is 13.8 Å². The van der Waals surface area contributed by atoms with E-state index < -0.39 is 5.97 Å². The molecule has 0 spiro atoms. The summed E-state index contributed by atoms with van der Waals surface area (Å²) in [7, 11) is 0. The number of nitrogens with one attached hydrogen (secondary N) is 1. The van der Waals surface area contributed by atoms with Gasteiger partial charge < -0.3 is 10.1 Å². The Morgan fingerprint density at radius 2 is 2.07 bits per heavy atom. The van der Waals surface area contributed by atoms with E-state index in [4.69, 9.17) is 16.3 Å². The maximum Gasteiger partial charge on any atom is 0.330 e. The van der Waals surface area contributed by atoms with Crippen LogP contribution >= 0.6 is 11.6 Å². The highest BCUT2D eigenvalue weighted by Crippen LogP contribution is 1.93. The molecule has 0 aromatic carbocycles. The highest BCUT2D eigenvalue weighted by Gasteiger charge is 2.00. The molecule has 5 heteroatoms. The minimum absolute atomic E-state index is 0.285. The van der Waals surface area contributed by atoms with Gasteiger partial charge in [0.2, 0.25) is 5.91 Å². The van der Waals surface area contributed by atoms with Crippen LogP contribution in [0.1, 0.15) is 13.8 Å². The minimum atomic E-state index is -0.510. The largest absolute Gasteiger partial charge is 0.462 e. The molecule has 0 aromatic heterocycles. The van der Waals surface area contributed by atoms with Gasteiger partial charge in [-0.2, -0.15) is 0 Å². The van der Waals surface area contributed by atoms with Gasteiger partial charge in [0.05, 0.1) is 6.61 Å². The van der Waals surface area contributed by atoms with E-state index in [1.54, 1.807) is 0 Å². The van der Waals surface area contributed by atoms with Gasteiger partial charge in [0, 0.05) is 24.6 Å². The van der Waals surface area contributed by atoms with Crippen LogP contribution in [0.5, 0.6) is 0 Å². The Bertz CT molecular complexity index is 239. The number of hydrogen-bond donors (Lipinski definition) is 1. The number of rotatable bonds is 6. The van der Waals surface area contributed by atoms with Crippen LogP contribution in [0.15, 0.2) is 12.2 Å². The molecule has 0 heterocycles. The molecule has 0 aliphatic heterocycles. The molecule has 0 aliphatic carbocycles. The number of ether oxygens (including phenoxy) is 1. The van der Waals surface area contributed by atoms with Crippen LogP contribution in [0.2, 0.25) is 0 Å². The van der Waals surface area contributed by atoms with Crippen LogP contribution in [0.25, 0.3) is 0 Å². The predicted octanol–water partition coefficient (Wildman–Crippen LogP) is 1.10. The summed E-state index contributed by atoms with van der Waals surface area (Å²) < 4.78 is 4.83. The molecule has 0 bridgehead atoms. The number of alkyl halides is 1. The summed E-state index contributed by atoms with van der Waals surface area (Å²) in [4.78, 5) is 22.0. The fraction of sp³-hybridized carbons (Fsp3) is 0.600. The molecule has 15 heavy (non-hydrogen) atoms. The Hall–Kier alpha value is -1.03. The summed E-state index contributed by atoms with van der Waals surface area (Å²) in [6.45, 7) is 4.60. The first-order chi connectivity index (χ1) is 7.06. The van der Waals surface area contributed by atoms with Crippen molar-refractivity contribution in [3.8, 4) is 0 Å². The SMILES string of the molecule is CC(C)COC(=O)/C=C/C(=O)NCCCl. The summed E-state index contributed by atoms with van der Waals surface area (Å²) >= 11 is 5.36. The molecule has 0 radical (unpaired) electrons. The van der Waals surface area contributed by atoms with Crippen LogP contribution < -0.4 is 5.32 Å². The van der Waals surface area contributed by atoms with Gasteiger partial charge in [0.1, 0.15) is 0 Å². The van der Waals surface area contributed by atoms with Gasteiger partial charge in [-0.15, -0.1) is 11.6 Å². The van der Waals surface area contributed by atoms with Gasteiger partial charge in [0.15, 0.2) is 0 Å². The van der Waals surface area contributed by atoms with Crippen molar-refractivity contribution in [1.82, 2.24) is 5.32 Å². The molecule has 0 saturated heterocycles. The van der Waals surface area contributed by atoms with Gasteiger partial charge in [-0.1, -0.05) is 13.8 Å². The lowest BCUT2D eigenvalue weighted by molar-refractivity contribution is -0.139. The third kappa shape index (κ3) is 9.28. The summed E-state index contributed by atoms with van der Waals surface area (Å²) in [5.74, 6) is -0.230. The van der Waals surface area contributed by atoms with Gasteiger partial charge in [-0.3, -0.25) is 4.79 Å². The van der Waals surface area contributed by atoms with E-state index in [0.29, 0.717) is 19.0 Å². The van der Waals surface area contributed by atoms with Crippen molar-refractivity contribution < 1.29 is 14.3 Å². The van der Waals surface area contributed by atoms with E-state index in [-0.39, 0.29) is 11.8 Å². The van der Waals surface area contributed by atoms with E-state index in [0.717, 1.165) is 12.2 Å². The minimum Gasteiger partial charge on any atom is -0.462 e. The molecule has 0 unspecified atom stereocenters. The second-order valence-corrected chi connectivity index (χ2v) is 3.72. The lowest BCUT2D eigenvalue weighted by Gasteiger charge is -2.03. The van der Waals surface area contributed by atoms with Crippen molar-refractivity contribution in [3.05, 3.63) is 12.2 Å². The molecule has 1 N–H and O–H groups in total. The third-order valence-electron chi connectivity index (χ3n) is 1.32. The van der Waals surface area contributed by atoms with E-state index in [2.05, 4.69) is 5.32 Å². The van der Waals surface area contributed by atoms with Crippen molar-refractivity contribution in [1.29, 1.82) is 0 Å². The Morgan fingerprint density at radius 3 is 2.60 bits per heavy atom. The average molecular weight is 234 g/mol. The standard InChI is InChI=1S/C10H16ClNO3/c1-8(2)7-15-10(14)4-3-9(13)12-6-5-11/h3-4,8H,5-7H2,1-2H3,(H,12,13)/b4-3+. The number of carbonyl (C=O) groups excluding carboxylic acids is 2. The highest BCUT2D eigenvalue weighted by atomic mass is 35.5. The highest BCUT2D eigenvalue weighted by molar-refractivity contribution is 6.18. The Morgan fingerprint density at radius 1 is 1.40 bits per heavy atom. The molecule has 0 fully saturated rings. The lowest BCUT2D eigenvalue weighted by Crippen LogP contribution is -2.23. The molecule has 0 saturated carbocycles. The fourth-order valence-corrected chi connectivity index (χ4v) is 0.765. The first-order valence-electron chi connectivity index (χ1n) is 4.75. The van der Waals surface area contributed by atoms with Crippen LogP contribution in [0.4, 0.5) is 0 Å². The van der Waals surface area contributed by atoms with Gasteiger partial charge in [-0.05, 0) is 5.92 Å². The molecule has 1 amide bonds. The second kappa shape index (κ2) is 8.29. The lowest BCUT2D eigenvalue weighted by atomic mass is 10.2. The molecule has 0 aromatic rings. The second-order valence-electron chi connectivity index (χ2n) is 3.34. The fourth-order valence-electron chi connectivity index (χ4n) is 0.670. The van der Waals surface area contributed by atoms with Crippen molar-refractivity contribution in [2.24, 2.45) is 5.92 Å². The van der Waals surface area contributed by atoms with E-state index in [1.165, 1.54) is 0 Å². The zero-order valence-electron chi connectivity index (χ0n) is 8.96. The summed E-state index contributed by atoms with van der Waals surface area (Å²) in [6.07, 6.45) is 2.24. The number of hydrogen-bond acceptors (Lipinski definition) is 3. The molecule has 0 aliphatic rings. The third-order valence-corrected chi connectivity index (χ3v) is 1.51. The van der Waals surface area contributed by atoms with Crippen molar-refractivity contribution in [3.63, 3.8) is 0 Å². The van der Waals surface area contributed by atoms with E-state index in [9.17, 15) is 9.59 Å². The summed E-state index contributed by atoms with van der Waals surface area (Å²) in [5.41, 5.74) is 0. The van der Waals surface area contributed by atoms with Crippen LogP contribution in [-0.2, 0) is 14.3 Å². The Kier molecular flexibility index (Phi) is 7.72. The smallest absolute Gasteiger partial charge is 0.330 e. The van der Waals surface area contributed by atoms with Crippen molar-refractivity contribution in [2.45, 2.75) is 13.8 Å². The average Bonchev–Trinajstić information content (AvgIpc) is 2.20. The van der Waals surface area contributed by atoms with Crippen molar-refractivity contribution >= 4 is 23.5 Å². The quantitative estimate of drug-likeness (QED) is 0.425. The molecular weight excluding hydrogens is 218 g/mol. The van der Waals surface area contributed by atoms with Gasteiger partial charge in [0.25, 0.3) is 0 Å². The van der Waals surface area contributed by atoms with Crippen molar-refractivity contribution in [2.75, 3.05) is 19.0 Å². The van der Waals surface area contributed by atoms with Gasteiger partial charge >= 0.3 is 5.97 Å². The molecule has 0 rings (SSSR count). The van der Waals surface area contributed by atoms with Gasteiger partial charge in [-0.25, -0.2) is 4.79 Å². The zero-order chi connectivity index (χ0) is 11.7. The maximum atomic E-state index is 11.0. The maximum absolute atomic E-state index is 11.0. The van der Waals surface area contributed by atoms with E-state index >= 15 is 0 Å². The molecule has 86 valence electrons. The zero-order valence-corrected chi connectivity index (χ0v) is 9.71. The van der Waals surface area contributed by atoms with Crippen LogP contribution in [0, 0.1) is 5.92 Å². The molecular formula is C10H16ClNO3. The number of esters is 1. The summed E-state index contributed by atoms with van der Waals surface area (Å²) in [6, 6.07) is 0. The Labute approximate surface area is 94.6 Å². The Balaban J connectivity index is 3.74. The number of carbonyl (C=O) groups is 2. The van der Waals surface area contributed by atoms with Crippen LogP contribution in [0.3, 0.4) is 0 Å². The predicted molar refractivity (Wildman–Crippen MR) is 58.7 cm³/mol. The molecule has 0 atom stereocenters. The number of amides is 1.